The second-order valence-electron chi connectivity index (χ2n) is 8.16. The molecule has 3 heterocycles. The molecule has 2 aliphatic rings. The third kappa shape index (κ3) is 3.25. The van der Waals surface area contributed by atoms with E-state index in [1.165, 1.54) is 16.2 Å². The number of fused-ring (bicyclic) bond motifs is 1. The summed E-state index contributed by atoms with van der Waals surface area (Å²) in [6.45, 7) is 3.79. The van der Waals surface area contributed by atoms with Crippen molar-refractivity contribution < 1.29 is 14.3 Å². The van der Waals surface area contributed by atoms with E-state index in [0.717, 1.165) is 15.8 Å². The zero-order valence-corrected chi connectivity index (χ0v) is 17.8. The van der Waals surface area contributed by atoms with Gasteiger partial charge in [-0.15, -0.1) is 5.10 Å². The molecular weight excluding hydrogens is 419 g/mol. The van der Waals surface area contributed by atoms with Crippen LogP contribution in [0.1, 0.15) is 24.0 Å². The van der Waals surface area contributed by atoms with E-state index in [1.807, 2.05) is 19.9 Å². The van der Waals surface area contributed by atoms with Gasteiger partial charge in [-0.05, 0) is 43.9 Å². The van der Waals surface area contributed by atoms with Crippen LogP contribution < -0.4 is 0 Å². The van der Waals surface area contributed by atoms with Gasteiger partial charge in [-0.25, -0.2) is 14.1 Å². The minimum absolute atomic E-state index is 0.0666. The van der Waals surface area contributed by atoms with E-state index >= 15 is 0 Å². The van der Waals surface area contributed by atoms with Crippen molar-refractivity contribution in [1.82, 2.24) is 19.7 Å². The first-order valence-electron chi connectivity index (χ1n) is 9.88. The SMILES string of the molecule is Cc1cc(C)c(-n2cc3sc(N=C4CN(C(=O)C5(C#N)CC5)C[C@@H]4F)nc3n2)c(O)c1. The largest absolute Gasteiger partial charge is 0.506 e. The van der Waals surface area contributed by atoms with Crippen molar-refractivity contribution in [2.24, 2.45) is 10.4 Å². The van der Waals surface area contributed by atoms with Crippen molar-refractivity contribution in [2.45, 2.75) is 32.9 Å². The average molecular weight is 438 g/mol. The maximum Gasteiger partial charge on any atom is 0.243 e. The molecule has 158 valence electrons. The number of carbonyl (C=O) groups excluding carboxylic acids is 1. The van der Waals surface area contributed by atoms with Crippen LogP contribution >= 0.6 is 11.3 Å². The van der Waals surface area contributed by atoms with Gasteiger partial charge >= 0.3 is 0 Å². The molecule has 5 rings (SSSR count). The Labute approximate surface area is 181 Å². The summed E-state index contributed by atoms with van der Waals surface area (Å²) >= 11 is 1.26. The molecule has 1 saturated carbocycles. The molecule has 31 heavy (non-hydrogen) atoms. The number of thiazole rings is 1. The number of likely N-dealkylation sites (tertiary alicyclic amines) is 1. The molecule has 1 atom stereocenters. The Bertz CT molecular complexity index is 1240. The molecule has 0 unspecified atom stereocenters. The van der Waals surface area contributed by atoms with E-state index in [4.69, 9.17) is 0 Å². The van der Waals surface area contributed by atoms with Gasteiger partial charge < -0.3 is 10.0 Å². The highest BCUT2D eigenvalue weighted by Gasteiger charge is 2.54. The maximum atomic E-state index is 14.5. The maximum absolute atomic E-state index is 14.5. The van der Waals surface area contributed by atoms with E-state index in [9.17, 15) is 19.6 Å². The van der Waals surface area contributed by atoms with Crippen molar-refractivity contribution in [1.29, 1.82) is 5.26 Å². The number of phenolic OH excluding ortho intramolecular Hbond substituents is 1. The quantitative estimate of drug-likeness (QED) is 0.675. The van der Waals surface area contributed by atoms with Gasteiger partial charge in [0.15, 0.2) is 11.8 Å². The van der Waals surface area contributed by atoms with Gasteiger partial charge in [0.05, 0.1) is 35.8 Å². The summed E-state index contributed by atoms with van der Waals surface area (Å²) in [5.41, 5.74) is 2.15. The predicted octanol–water partition coefficient (Wildman–Crippen LogP) is 3.36. The van der Waals surface area contributed by atoms with Gasteiger partial charge in [-0.3, -0.25) is 4.79 Å². The number of phenols is 1. The topological polar surface area (TPSA) is 107 Å². The van der Waals surface area contributed by atoms with Gasteiger partial charge in [0.25, 0.3) is 0 Å². The summed E-state index contributed by atoms with van der Waals surface area (Å²) in [7, 11) is 0. The van der Waals surface area contributed by atoms with Gasteiger partial charge in [0, 0.05) is 0 Å². The fraction of sp³-hybridized carbons (Fsp3) is 0.381. The van der Waals surface area contributed by atoms with Crippen molar-refractivity contribution in [3.63, 3.8) is 0 Å². The second kappa shape index (κ2) is 6.85. The van der Waals surface area contributed by atoms with Crippen molar-refractivity contribution in [3.8, 4) is 17.5 Å². The molecule has 1 saturated heterocycles. The van der Waals surface area contributed by atoms with E-state index in [0.29, 0.717) is 29.3 Å². The first-order valence-corrected chi connectivity index (χ1v) is 10.7. The average Bonchev–Trinajstić information content (AvgIpc) is 3.10. The van der Waals surface area contributed by atoms with E-state index in [2.05, 4.69) is 21.1 Å². The molecule has 8 nitrogen and oxygen atoms in total. The van der Waals surface area contributed by atoms with Crippen LogP contribution in [0.4, 0.5) is 9.52 Å². The molecule has 0 bridgehead atoms. The van der Waals surface area contributed by atoms with Crippen LogP contribution in [0.15, 0.2) is 23.3 Å². The number of alkyl halides is 1. The highest BCUT2D eigenvalue weighted by atomic mass is 32.1. The number of nitriles is 1. The number of aliphatic imine (C=N–C) groups is 1. The fourth-order valence-electron chi connectivity index (χ4n) is 3.95. The molecule has 1 N–H and O–H groups in total. The Hall–Kier alpha value is -3.32. The molecule has 0 spiro atoms. The lowest BCUT2D eigenvalue weighted by molar-refractivity contribution is -0.133. The number of aryl methyl sites for hydroxylation is 2. The standard InChI is InChI=1S/C21H19FN6O2S/c1-11-5-12(2)17(15(29)6-11)28-9-16-18(26-28)25-20(31-16)24-14-8-27(7-13(14)22)19(30)21(10-23)3-4-21/h5-6,9,13,29H,3-4,7-8H2,1-2H3/t13-/m0/s1. The molecule has 1 aliphatic heterocycles. The Balaban J connectivity index is 1.40. The number of rotatable bonds is 3. The first kappa shape index (κ1) is 19.6. The molecule has 1 aliphatic carbocycles. The highest BCUT2D eigenvalue weighted by Crippen LogP contribution is 2.47. The number of aromatic nitrogens is 3. The first-order chi connectivity index (χ1) is 14.8. The second-order valence-corrected chi connectivity index (χ2v) is 9.17. The number of benzene rings is 1. The number of halogens is 1. The van der Waals surface area contributed by atoms with Crippen LogP contribution in [-0.2, 0) is 4.79 Å². The molecule has 2 fully saturated rings. The summed E-state index contributed by atoms with van der Waals surface area (Å²) in [5.74, 6) is -0.174. The lowest BCUT2D eigenvalue weighted by atomic mass is 10.1. The van der Waals surface area contributed by atoms with E-state index < -0.39 is 11.6 Å². The zero-order valence-electron chi connectivity index (χ0n) is 17.0. The molecular formula is C21H19FN6O2S. The van der Waals surface area contributed by atoms with Crippen LogP contribution in [0.2, 0.25) is 0 Å². The van der Waals surface area contributed by atoms with Crippen LogP contribution in [-0.4, -0.2) is 55.7 Å². The molecule has 10 heteroatoms. The van der Waals surface area contributed by atoms with E-state index in [1.54, 1.807) is 16.9 Å². The lowest BCUT2D eigenvalue weighted by Gasteiger charge is -2.17. The summed E-state index contributed by atoms with van der Waals surface area (Å²) in [6.07, 6.45) is 1.45. The molecule has 1 aromatic carbocycles. The number of amides is 1. The van der Waals surface area contributed by atoms with Crippen molar-refractivity contribution in [3.05, 3.63) is 29.5 Å². The number of hydrogen-bond donors (Lipinski definition) is 1. The van der Waals surface area contributed by atoms with Gasteiger partial charge in [0.2, 0.25) is 11.0 Å². The Morgan fingerprint density at radius 1 is 1.42 bits per heavy atom. The normalized spacial score (nSPS) is 21.0. The van der Waals surface area contributed by atoms with Crippen molar-refractivity contribution in [2.75, 3.05) is 13.1 Å². The van der Waals surface area contributed by atoms with Gasteiger partial charge in [0.1, 0.15) is 16.9 Å². The third-order valence-electron chi connectivity index (χ3n) is 5.71. The van der Waals surface area contributed by atoms with Crippen LogP contribution in [0, 0.1) is 30.6 Å². The number of nitrogens with zero attached hydrogens (tertiary/aromatic N) is 6. The number of carbonyl (C=O) groups is 1. The Morgan fingerprint density at radius 2 is 2.19 bits per heavy atom. The summed E-state index contributed by atoms with van der Waals surface area (Å²) in [5, 5.41) is 24.3. The number of aromatic hydroxyl groups is 1. The van der Waals surface area contributed by atoms with Crippen LogP contribution in [0.5, 0.6) is 5.75 Å². The Kier molecular flexibility index (Phi) is 4.34. The van der Waals surface area contributed by atoms with Crippen LogP contribution in [0.3, 0.4) is 0 Å². The van der Waals surface area contributed by atoms with Crippen LogP contribution in [0.25, 0.3) is 16.0 Å². The minimum Gasteiger partial charge on any atom is -0.506 e. The fourth-order valence-corrected chi connectivity index (χ4v) is 4.77. The summed E-state index contributed by atoms with van der Waals surface area (Å²) in [4.78, 5) is 22.6. The number of hydrogen-bond acceptors (Lipinski definition) is 7. The summed E-state index contributed by atoms with van der Waals surface area (Å²) in [6, 6.07) is 5.70. The monoisotopic (exact) mass is 438 g/mol. The predicted molar refractivity (Wildman–Crippen MR) is 114 cm³/mol. The molecule has 3 aromatic rings. The van der Waals surface area contributed by atoms with Crippen molar-refractivity contribution >= 4 is 38.4 Å². The van der Waals surface area contributed by atoms with Gasteiger partial charge in [-0.2, -0.15) is 10.2 Å². The highest BCUT2D eigenvalue weighted by molar-refractivity contribution is 7.21. The molecule has 0 radical (unpaired) electrons. The minimum atomic E-state index is -1.37. The third-order valence-corrected chi connectivity index (χ3v) is 6.59. The van der Waals surface area contributed by atoms with Gasteiger partial charge in [-0.1, -0.05) is 17.4 Å². The van der Waals surface area contributed by atoms with E-state index in [-0.39, 0.29) is 30.5 Å². The summed E-state index contributed by atoms with van der Waals surface area (Å²) < 4.78 is 16.8. The smallest absolute Gasteiger partial charge is 0.243 e. The molecule has 1 amide bonds. The lowest BCUT2D eigenvalue weighted by Crippen LogP contribution is -2.35. The molecule has 2 aromatic heterocycles. The zero-order chi connectivity index (χ0) is 21.9. The Morgan fingerprint density at radius 3 is 2.84 bits per heavy atom.